The second-order valence-corrected chi connectivity index (χ2v) is 4.41. The Morgan fingerprint density at radius 1 is 1.30 bits per heavy atom. The number of amides is 1. The SMILES string of the molecule is COCCNC(=O)CNc1ccc2c(c1)OCCCO2. The van der Waals surface area contributed by atoms with E-state index in [1.165, 1.54) is 0 Å². The molecule has 0 aliphatic carbocycles. The highest BCUT2D eigenvalue weighted by Gasteiger charge is 2.10. The van der Waals surface area contributed by atoms with E-state index >= 15 is 0 Å². The fourth-order valence-corrected chi connectivity index (χ4v) is 1.81. The van der Waals surface area contributed by atoms with Gasteiger partial charge >= 0.3 is 0 Å². The lowest BCUT2D eigenvalue weighted by Gasteiger charge is -2.11. The number of methoxy groups -OCH3 is 1. The van der Waals surface area contributed by atoms with Crippen molar-refractivity contribution in [3.63, 3.8) is 0 Å². The number of anilines is 1. The summed E-state index contributed by atoms with van der Waals surface area (Å²) in [6.07, 6.45) is 0.874. The van der Waals surface area contributed by atoms with Crippen LogP contribution in [-0.4, -0.2) is 45.9 Å². The number of fused-ring (bicyclic) bond motifs is 1. The van der Waals surface area contributed by atoms with E-state index in [1.54, 1.807) is 7.11 Å². The summed E-state index contributed by atoms with van der Waals surface area (Å²) < 4.78 is 16.0. The number of benzene rings is 1. The Labute approximate surface area is 118 Å². The minimum absolute atomic E-state index is 0.0749. The van der Waals surface area contributed by atoms with E-state index < -0.39 is 0 Å². The summed E-state index contributed by atoms with van der Waals surface area (Å²) in [5.74, 6) is 1.39. The Bertz CT molecular complexity index is 451. The summed E-state index contributed by atoms with van der Waals surface area (Å²) in [7, 11) is 1.60. The van der Waals surface area contributed by atoms with Crippen molar-refractivity contribution in [2.45, 2.75) is 6.42 Å². The van der Waals surface area contributed by atoms with Crippen LogP contribution < -0.4 is 20.1 Å². The summed E-state index contributed by atoms with van der Waals surface area (Å²) in [5.41, 5.74) is 0.830. The first-order valence-electron chi connectivity index (χ1n) is 6.69. The minimum Gasteiger partial charge on any atom is -0.490 e. The molecule has 0 spiro atoms. The van der Waals surface area contributed by atoms with E-state index in [-0.39, 0.29) is 12.5 Å². The highest BCUT2D eigenvalue weighted by molar-refractivity contribution is 5.80. The lowest BCUT2D eigenvalue weighted by atomic mass is 10.2. The Hall–Kier alpha value is -1.95. The van der Waals surface area contributed by atoms with Gasteiger partial charge in [0, 0.05) is 31.8 Å². The first kappa shape index (κ1) is 14.5. The van der Waals surface area contributed by atoms with Gasteiger partial charge < -0.3 is 24.8 Å². The second-order valence-electron chi connectivity index (χ2n) is 4.41. The van der Waals surface area contributed by atoms with Crippen LogP contribution in [0.3, 0.4) is 0 Å². The van der Waals surface area contributed by atoms with Crippen LogP contribution >= 0.6 is 0 Å². The van der Waals surface area contributed by atoms with Crippen molar-refractivity contribution in [2.24, 2.45) is 0 Å². The van der Waals surface area contributed by atoms with Gasteiger partial charge in [-0.3, -0.25) is 4.79 Å². The average molecular weight is 280 g/mol. The number of hydrogen-bond donors (Lipinski definition) is 2. The zero-order valence-corrected chi connectivity index (χ0v) is 11.6. The van der Waals surface area contributed by atoms with Gasteiger partial charge in [-0.05, 0) is 12.1 Å². The van der Waals surface area contributed by atoms with Crippen LogP contribution in [0.5, 0.6) is 11.5 Å². The Kier molecular flexibility index (Phi) is 5.49. The smallest absolute Gasteiger partial charge is 0.239 e. The maximum Gasteiger partial charge on any atom is 0.239 e. The fraction of sp³-hybridized carbons (Fsp3) is 0.500. The van der Waals surface area contributed by atoms with E-state index in [0.717, 1.165) is 17.9 Å². The topological polar surface area (TPSA) is 68.8 Å². The lowest BCUT2D eigenvalue weighted by Crippen LogP contribution is -2.32. The third-order valence-corrected chi connectivity index (χ3v) is 2.83. The summed E-state index contributed by atoms with van der Waals surface area (Å²) in [5, 5.41) is 5.80. The third kappa shape index (κ3) is 4.31. The number of rotatable bonds is 6. The predicted octanol–water partition coefficient (Wildman–Crippen LogP) is 1.02. The molecule has 1 aliphatic heterocycles. The van der Waals surface area contributed by atoms with Crippen molar-refractivity contribution >= 4 is 11.6 Å². The molecule has 0 radical (unpaired) electrons. The molecule has 1 amide bonds. The molecule has 0 atom stereocenters. The minimum atomic E-state index is -0.0749. The third-order valence-electron chi connectivity index (χ3n) is 2.83. The normalized spacial score (nSPS) is 13.4. The molecular weight excluding hydrogens is 260 g/mol. The molecule has 6 nitrogen and oxygen atoms in total. The van der Waals surface area contributed by atoms with Gasteiger partial charge in [0.15, 0.2) is 11.5 Å². The number of carbonyl (C=O) groups excluding carboxylic acids is 1. The largest absolute Gasteiger partial charge is 0.490 e. The first-order valence-corrected chi connectivity index (χ1v) is 6.69. The van der Waals surface area contributed by atoms with Gasteiger partial charge in [-0.25, -0.2) is 0 Å². The van der Waals surface area contributed by atoms with Gasteiger partial charge in [0.25, 0.3) is 0 Å². The predicted molar refractivity (Wildman–Crippen MR) is 75.4 cm³/mol. The molecule has 1 heterocycles. The standard InChI is InChI=1S/C14H20N2O4/c1-18-8-5-15-14(17)10-16-11-3-4-12-13(9-11)20-7-2-6-19-12/h3-4,9,16H,2,5-8,10H2,1H3,(H,15,17). The van der Waals surface area contributed by atoms with Gasteiger partial charge in [-0.2, -0.15) is 0 Å². The highest BCUT2D eigenvalue weighted by atomic mass is 16.5. The second kappa shape index (κ2) is 7.59. The lowest BCUT2D eigenvalue weighted by molar-refractivity contribution is -0.119. The van der Waals surface area contributed by atoms with Crippen molar-refractivity contribution < 1.29 is 19.0 Å². The van der Waals surface area contributed by atoms with Crippen molar-refractivity contribution in [3.8, 4) is 11.5 Å². The van der Waals surface area contributed by atoms with Crippen LogP contribution in [0.15, 0.2) is 18.2 Å². The van der Waals surface area contributed by atoms with Gasteiger partial charge in [-0.15, -0.1) is 0 Å². The number of nitrogens with one attached hydrogen (secondary N) is 2. The maximum absolute atomic E-state index is 11.5. The molecule has 1 aromatic carbocycles. The number of ether oxygens (including phenoxy) is 3. The molecule has 20 heavy (non-hydrogen) atoms. The molecule has 0 fully saturated rings. The van der Waals surface area contributed by atoms with E-state index in [9.17, 15) is 4.79 Å². The molecule has 0 unspecified atom stereocenters. The van der Waals surface area contributed by atoms with Gasteiger partial charge in [0.2, 0.25) is 5.91 Å². The molecule has 0 bridgehead atoms. The molecule has 1 aromatic rings. The summed E-state index contributed by atoms with van der Waals surface area (Å²) in [4.78, 5) is 11.5. The first-order chi connectivity index (χ1) is 9.79. The van der Waals surface area contributed by atoms with Crippen LogP contribution in [0, 0.1) is 0 Å². The summed E-state index contributed by atoms with van der Waals surface area (Å²) in [6, 6.07) is 5.57. The Balaban J connectivity index is 1.84. The number of hydrogen-bond acceptors (Lipinski definition) is 5. The van der Waals surface area contributed by atoms with Crippen molar-refractivity contribution in [3.05, 3.63) is 18.2 Å². The molecule has 0 saturated carbocycles. The van der Waals surface area contributed by atoms with Crippen LogP contribution in [-0.2, 0) is 9.53 Å². The monoisotopic (exact) mass is 280 g/mol. The molecule has 2 N–H and O–H groups in total. The van der Waals surface area contributed by atoms with Gasteiger partial charge in [0.05, 0.1) is 26.4 Å². The van der Waals surface area contributed by atoms with Crippen molar-refractivity contribution in [2.75, 3.05) is 45.3 Å². The van der Waals surface area contributed by atoms with Crippen LogP contribution in [0.2, 0.25) is 0 Å². The fourth-order valence-electron chi connectivity index (χ4n) is 1.81. The summed E-state index contributed by atoms with van der Waals surface area (Å²) >= 11 is 0. The van der Waals surface area contributed by atoms with Crippen LogP contribution in [0.4, 0.5) is 5.69 Å². The van der Waals surface area contributed by atoms with Gasteiger partial charge in [-0.1, -0.05) is 0 Å². The molecule has 0 aromatic heterocycles. The summed E-state index contributed by atoms with van der Waals surface area (Å²) in [6.45, 7) is 2.55. The van der Waals surface area contributed by atoms with Crippen molar-refractivity contribution in [1.82, 2.24) is 5.32 Å². The van der Waals surface area contributed by atoms with E-state index in [2.05, 4.69) is 10.6 Å². The van der Waals surface area contributed by atoms with Crippen molar-refractivity contribution in [1.29, 1.82) is 0 Å². The molecule has 110 valence electrons. The van der Waals surface area contributed by atoms with E-state index in [1.807, 2.05) is 18.2 Å². The van der Waals surface area contributed by atoms with Crippen LogP contribution in [0.1, 0.15) is 6.42 Å². The van der Waals surface area contributed by atoms with E-state index in [4.69, 9.17) is 14.2 Å². The highest BCUT2D eigenvalue weighted by Crippen LogP contribution is 2.32. The zero-order chi connectivity index (χ0) is 14.2. The maximum atomic E-state index is 11.5. The van der Waals surface area contributed by atoms with E-state index in [0.29, 0.717) is 32.1 Å². The zero-order valence-electron chi connectivity index (χ0n) is 11.6. The van der Waals surface area contributed by atoms with Gasteiger partial charge in [0.1, 0.15) is 0 Å². The molecule has 2 rings (SSSR count). The number of carbonyl (C=O) groups is 1. The molecule has 6 heteroatoms. The molecule has 1 aliphatic rings. The average Bonchev–Trinajstić information content (AvgIpc) is 2.70. The quantitative estimate of drug-likeness (QED) is 0.762. The Morgan fingerprint density at radius 2 is 2.10 bits per heavy atom. The molecule has 0 saturated heterocycles. The Morgan fingerprint density at radius 3 is 2.90 bits per heavy atom. The molecular formula is C14H20N2O4. The van der Waals surface area contributed by atoms with Crippen LogP contribution in [0.25, 0.3) is 0 Å².